The first kappa shape index (κ1) is 21.9. The fraction of sp³-hybridized carbons (Fsp3) is 0.174. The van der Waals surface area contributed by atoms with Gasteiger partial charge in [0.05, 0.1) is 21.2 Å². The van der Waals surface area contributed by atoms with E-state index in [0.717, 1.165) is 4.31 Å². The van der Waals surface area contributed by atoms with Crippen LogP contribution in [0.2, 0.25) is 5.02 Å². The minimum Gasteiger partial charge on any atom is -0.322 e. The van der Waals surface area contributed by atoms with Crippen LogP contribution in [0.15, 0.2) is 77.7 Å². The molecule has 5 nitrogen and oxygen atoms in total. The lowest BCUT2D eigenvalue weighted by atomic mass is 10.0. The number of rotatable bonds is 6. The summed E-state index contributed by atoms with van der Waals surface area (Å²) in [6, 6.07) is 20.3. The molecule has 0 aromatic heterocycles. The second kappa shape index (κ2) is 8.90. The summed E-state index contributed by atoms with van der Waals surface area (Å²) < 4.78 is 26.7. The molecule has 3 aromatic carbocycles. The molecule has 0 aliphatic carbocycles. The molecular formula is C23H23ClN2O3S. The Balaban J connectivity index is 1.80. The zero-order valence-electron chi connectivity index (χ0n) is 17.0. The van der Waals surface area contributed by atoms with Gasteiger partial charge in [-0.15, -0.1) is 0 Å². The molecule has 3 aromatic rings. The Bertz CT molecular complexity index is 1140. The van der Waals surface area contributed by atoms with Crippen LogP contribution in [0.3, 0.4) is 0 Å². The van der Waals surface area contributed by atoms with Gasteiger partial charge in [-0.05, 0) is 53.9 Å². The highest BCUT2D eigenvalue weighted by molar-refractivity contribution is 7.92. The quantitative estimate of drug-likeness (QED) is 0.544. The van der Waals surface area contributed by atoms with Crippen molar-refractivity contribution in [1.82, 2.24) is 0 Å². The van der Waals surface area contributed by atoms with E-state index in [2.05, 4.69) is 19.2 Å². The van der Waals surface area contributed by atoms with Crippen LogP contribution in [0.5, 0.6) is 0 Å². The fourth-order valence-corrected chi connectivity index (χ4v) is 4.39. The highest BCUT2D eigenvalue weighted by atomic mass is 35.5. The third kappa shape index (κ3) is 4.66. The Hall–Kier alpha value is -2.83. The second-order valence-corrected chi connectivity index (χ2v) is 9.56. The number of amides is 1. The van der Waals surface area contributed by atoms with E-state index < -0.39 is 10.0 Å². The van der Waals surface area contributed by atoms with Crippen LogP contribution < -0.4 is 9.62 Å². The number of nitrogens with zero attached hydrogens (tertiary/aromatic N) is 1. The normalized spacial score (nSPS) is 11.4. The van der Waals surface area contributed by atoms with Gasteiger partial charge < -0.3 is 5.32 Å². The van der Waals surface area contributed by atoms with Crippen molar-refractivity contribution in [3.63, 3.8) is 0 Å². The van der Waals surface area contributed by atoms with Crippen molar-refractivity contribution in [2.75, 3.05) is 16.7 Å². The maximum absolute atomic E-state index is 12.8. The summed E-state index contributed by atoms with van der Waals surface area (Å²) in [7, 11) is -2.28. The Morgan fingerprint density at radius 3 is 2.17 bits per heavy atom. The number of anilines is 2. The van der Waals surface area contributed by atoms with Crippen molar-refractivity contribution in [1.29, 1.82) is 0 Å². The van der Waals surface area contributed by atoms with Gasteiger partial charge in [0.25, 0.3) is 15.9 Å². The number of benzene rings is 3. The molecule has 0 aliphatic rings. The maximum Gasteiger partial charge on any atom is 0.264 e. The van der Waals surface area contributed by atoms with Gasteiger partial charge in [-0.25, -0.2) is 8.42 Å². The van der Waals surface area contributed by atoms with Gasteiger partial charge in [0.15, 0.2) is 0 Å². The summed E-state index contributed by atoms with van der Waals surface area (Å²) in [6.45, 7) is 4.20. The van der Waals surface area contributed by atoms with Gasteiger partial charge in [0, 0.05) is 12.7 Å². The van der Waals surface area contributed by atoms with Crippen LogP contribution in [-0.2, 0) is 10.0 Å². The molecule has 0 saturated carbocycles. The van der Waals surface area contributed by atoms with Gasteiger partial charge in [0.1, 0.15) is 0 Å². The van der Waals surface area contributed by atoms with E-state index in [-0.39, 0.29) is 21.4 Å². The largest absolute Gasteiger partial charge is 0.322 e. The number of halogens is 1. The minimum absolute atomic E-state index is 0.166. The van der Waals surface area contributed by atoms with Crippen LogP contribution in [-0.4, -0.2) is 21.4 Å². The summed E-state index contributed by atoms with van der Waals surface area (Å²) in [4.78, 5) is 12.8. The molecule has 156 valence electrons. The van der Waals surface area contributed by atoms with E-state index >= 15 is 0 Å². The molecule has 0 bridgehead atoms. The number of nitrogens with one attached hydrogen (secondary N) is 1. The number of hydrogen-bond donors (Lipinski definition) is 1. The van der Waals surface area contributed by atoms with Gasteiger partial charge >= 0.3 is 0 Å². The topological polar surface area (TPSA) is 66.5 Å². The zero-order valence-corrected chi connectivity index (χ0v) is 18.5. The number of sulfonamides is 1. The predicted molar refractivity (Wildman–Crippen MR) is 122 cm³/mol. The Morgan fingerprint density at radius 1 is 0.967 bits per heavy atom. The molecule has 0 aliphatic heterocycles. The molecule has 0 radical (unpaired) electrons. The molecule has 0 atom stereocenters. The van der Waals surface area contributed by atoms with Crippen molar-refractivity contribution >= 4 is 38.9 Å². The molecule has 7 heteroatoms. The number of carbonyl (C=O) groups excluding carboxylic acids is 1. The van der Waals surface area contributed by atoms with Crippen molar-refractivity contribution < 1.29 is 13.2 Å². The number of carbonyl (C=O) groups is 1. The number of hydrogen-bond acceptors (Lipinski definition) is 3. The van der Waals surface area contributed by atoms with E-state index in [1.807, 2.05) is 24.3 Å². The van der Waals surface area contributed by atoms with Crippen LogP contribution in [0.25, 0.3) is 0 Å². The van der Waals surface area contributed by atoms with Gasteiger partial charge in [-0.3, -0.25) is 9.10 Å². The molecule has 3 rings (SSSR count). The lowest BCUT2D eigenvalue weighted by Gasteiger charge is -2.20. The smallest absolute Gasteiger partial charge is 0.264 e. The third-order valence-corrected chi connectivity index (χ3v) is 6.91. The fourth-order valence-electron chi connectivity index (χ4n) is 2.92. The van der Waals surface area contributed by atoms with Crippen molar-refractivity contribution in [3.05, 3.63) is 88.9 Å². The first-order valence-corrected chi connectivity index (χ1v) is 11.3. The molecule has 1 amide bonds. The van der Waals surface area contributed by atoms with Crippen LogP contribution in [0.1, 0.15) is 35.7 Å². The SMILES string of the molecule is CC(C)c1ccc(NC(=O)c2ccc(N(C)S(=O)(=O)c3ccccc3)cc2Cl)cc1. The summed E-state index contributed by atoms with van der Waals surface area (Å²) in [5.74, 6) is 0.0401. The highest BCUT2D eigenvalue weighted by Gasteiger charge is 2.22. The molecule has 0 unspecified atom stereocenters. The second-order valence-electron chi connectivity index (χ2n) is 7.18. The predicted octanol–water partition coefficient (Wildman–Crippen LogP) is 5.54. The Kier molecular flexibility index (Phi) is 6.48. The summed E-state index contributed by atoms with van der Waals surface area (Å²) in [5.41, 5.74) is 2.46. The lowest BCUT2D eigenvalue weighted by Crippen LogP contribution is -2.26. The van der Waals surface area contributed by atoms with Gasteiger partial charge in [-0.1, -0.05) is 55.8 Å². The summed E-state index contributed by atoms with van der Waals surface area (Å²) in [5, 5.41) is 2.98. The van der Waals surface area contributed by atoms with E-state index in [9.17, 15) is 13.2 Å². The monoisotopic (exact) mass is 442 g/mol. The Labute approximate surface area is 182 Å². The first-order valence-electron chi connectivity index (χ1n) is 9.45. The average Bonchev–Trinajstić information content (AvgIpc) is 2.74. The van der Waals surface area contributed by atoms with Crippen LogP contribution in [0.4, 0.5) is 11.4 Å². The van der Waals surface area contributed by atoms with E-state index in [1.165, 1.54) is 36.9 Å². The molecular weight excluding hydrogens is 420 g/mol. The van der Waals surface area contributed by atoms with Gasteiger partial charge in [-0.2, -0.15) is 0 Å². The summed E-state index contributed by atoms with van der Waals surface area (Å²) >= 11 is 6.32. The molecule has 0 heterocycles. The molecule has 30 heavy (non-hydrogen) atoms. The first-order chi connectivity index (χ1) is 14.2. The van der Waals surface area contributed by atoms with Gasteiger partial charge in [0.2, 0.25) is 0 Å². The third-order valence-electron chi connectivity index (χ3n) is 4.80. The van der Waals surface area contributed by atoms with Crippen LogP contribution >= 0.6 is 11.6 Å². The average molecular weight is 443 g/mol. The van der Waals surface area contributed by atoms with Crippen molar-refractivity contribution in [3.8, 4) is 0 Å². The highest BCUT2D eigenvalue weighted by Crippen LogP contribution is 2.28. The van der Waals surface area contributed by atoms with Crippen molar-refractivity contribution in [2.45, 2.75) is 24.7 Å². The zero-order chi connectivity index (χ0) is 21.9. The standard InChI is InChI=1S/C23H23ClN2O3S/c1-16(2)17-9-11-18(12-10-17)25-23(27)21-14-13-19(15-22(21)24)26(3)30(28,29)20-7-5-4-6-8-20/h4-16H,1-3H3,(H,25,27). The van der Waals surface area contributed by atoms with E-state index in [0.29, 0.717) is 17.3 Å². The Morgan fingerprint density at radius 2 is 1.60 bits per heavy atom. The molecule has 0 saturated heterocycles. The lowest BCUT2D eigenvalue weighted by molar-refractivity contribution is 0.102. The minimum atomic E-state index is -3.73. The molecule has 1 N–H and O–H groups in total. The van der Waals surface area contributed by atoms with E-state index in [4.69, 9.17) is 11.6 Å². The van der Waals surface area contributed by atoms with Crippen LogP contribution in [0, 0.1) is 0 Å². The molecule has 0 spiro atoms. The van der Waals surface area contributed by atoms with E-state index in [1.54, 1.807) is 24.3 Å². The maximum atomic E-state index is 12.8. The van der Waals surface area contributed by atoms with Crippen molar-refractivity contribution in [2.24, 2.45) is 0 Å². The molecule has 0 fully saturated rings. The summed E-state index contributed by atoms with van der Waals surface area (Å²) in [6.07, 6.45) is 0.